The SMILES string of the molecule is COCOc1cc(C#C[Si](C(C)C)(C(C)C)C(C)C)c2ccccc2c1. The lowest BCUT2D eigenvalue weighted by Gasteiger charge is -2.38. The van der Waals surface area contributed by atoms with Crippen LogP contribution < -0.4 is 4.74 Å². The summed E-state index contributed by atoms with van der Waals surface area (Å²) in [7, 11) is -0.133. The van der Waals surface area contributed by atoms with Crippen LogP contribution in [0.25, 0.3) is 10.8 Å². The molecular weight excluding hydrogens is 336 g/mol. The molecule has 0 atom stereocenters. The molecule has 140 valence electrons. The second-order valence-electron chi connectivity index (χ2n) is 7.89. The van der Waals surface area contributed by atoms with Crippen molar-refractivity contribution >= 4 is 18.8 Å². The van der Waals surface area contributed by atoms with Crippen LogP contribution in [0.15, 0.2) is 36.4 Å². The highest BCUT2D eigenvalue weighted by Crippen LogP contribution is 2.41. The fourth-order valence-corrected chi connectivity index (χ4v) is 9.42. The molecule has 0 aliphatic heterocycles. The maximum absolute atomic E-state index is 5.70. The predicted molar refractivity (Wildman–Crippen MR) is 114 cm³/mol. The number of fused-ring (bicyclic) bond motifs is 1. The molecule has 0 aliphatic carbocycles. The molecule has 0 aromatic heterocycles. The molecule has 26 heavy (non-hydrogen) atoms. The van der Waals surface area contributed by atoms with Gasteiger partial charge in [-0.25, -0.2) is 0 Å². The van der Waals surface area contributed by atoms with Crippen LogP contribution in [0.4, 0.5) is 0 Å². The zero-order chi connectivity index (χ0) is 19.3. The molecule has 0 fully saturated rings. The van der Waals surface area contributed by atoms with Gasteiger partial charge in [0, 0.05) is 12.7 Å². The fourth-order valence-electron chi connectivity index (χ4n) is 4.21. The minimum Gasteiger partial charge on any atom is -0.468 e. The van der Waals surface area contributed by atoms with Crippen molar-refractivity contribution in [2.45, 2.75) is 58.2 Å². The summed E-state index contributed by atoms with van der Waals surface area (Å²) in [6.07, 6.45) is 0. The quantitative estimate of drug-likeness (QED) is 0.334. The van der Waals surface area contributed by atoms with E-state index >= 15 is 0 Å². The normalized spacial score (nSPS) is 11.9. The number of rotatable bonds is 6. The number of ether oxygens (including phenoxy) is 2. The van der Waals surface area contributed by atoms with Gasteiger partial charge in [0.05, 0.1) is 0 Å². The largest absolute Gasteiger partial charge is 0.468 e. The number of benzene rings is 2. The smallest absolute Gasteiger partial charge is 0.188 e. The first-order valence-corrected chi connectivity index (χ1v) is 11.7. The topological polar surface area (TPSA) is 18.5 Å². The van der Waals surface area contributed by atoms with Crippen molar-refractivity contribution in [3.8, 4) is 17.2 Å². The van der Waals surface area contributed by atoms with Crippen LogP contribution in [0.2, 0.25) is 16.6 Å². The van der Waals surface area contributed by atoms with E-state index in [0.717, 1.165) is 16.7 Å². The third-order valence-electron chi connectivity index (χ3n) is 5.46. The summed E-state index contributed by atoms with van der Waals surface area (Å²) < 4.78 is 10.8. The Hall–Kier alpha value is -1.76. The van der Waals surface area contributed by atoms with Gasteiger partial charge in [0.1, 0.15) is 13.8 Å². The minimum absolute atomic E-state index is 0.244. The lowest BCUT2D eigenvalue weighted by atomic mass is 10.0. The number of hydrogen-bond acceptors (Lipinski definition) is 2. The van der Waals surface area contributed by atoms with Crippen LogP contribution in [0.5, 0.6) is 5.75 Å². The van der Waals surface area contributed by atoms with Gasteiger partial charge in [0.25, 0.3) is 0 Å². The maximum atomic E-state index is 5.70. The van der Waals surface area contributed by atoms with Crippen molar-refractivity contribution in [1.82, 2.24) is 0 Å². The third kappa shape index (κ3) is 4.14. The molecule has 2 aromatic carbocycles. The maximum Gasteiger partial charge on any atom is 0.188 e. The molecule has 3 heteroatoms. The molecular formula is C23H32O2Si. The van der Waals surface area contributed by atoms with Crippen LogP contribution in [0.1, 0.15) is 47.1 Å². The Bertz CT molecular complexity index is 775. The van der Waals surface area contributed by atoms with Gasteiger partial charge in [0.15, 0.2) is 6.79 Å². The summed E-state index contributed by atoms with van der Waals surface area (Å²) in [6, 6.07) is 12.5. The highest BCUT2D eigenvalue weighted by Gasteiger charge is 2.41. The lowest BCUT2D eigenvalue weighted by molar-refractivity contribution is 0.0512. The molecule has 0 spiro atoms. The molecule has 0 heterocycles. The van der Waals surface area contributed by atoms with Crippen molar-refractivity contribution in [3.63, 3.8) is 0 Å². The summed E-state index contributed by atoms with van der Waals surface area (Å²) in [5.74, 6) is 4.39. The van der Waals surface area contributed by atoms with E-state index < -0.39 is 8.07 Å². The van der Waals surface area contributed by atoms with Gasteiger partial charge in [-0.2, -0.15) is 0 Å². The van der Waals surface area contributed by atoms with Gasteiger partial charge in [0.2, 0.25) is 0 Å². The van der Waals surface area contributed by atoms with Crippen LogP contribution in [-0.2, 0) is 4.74 Å². The van der Waals surface area contributed by atoms with Gasteiger partial charge in [-0.15, -0.1) is 5.54 Å². The van der Waals surface area contributed by atoms with Gasteiger partial charge in [-0.05, 0) is 39.5 Å². The van der Waals surface area contributed by atoms with E-state index in [2.05, 4.69) is 89.4 Å². The third-order valence-corrected chi connectivity index (χ3v) is 11.7. The lowest BCUT2D eigenvalue weighted by Crippen LogP contribution is -2.43. The average molecular weight is 369 g/mol. The van der Waals surface area contributed by atoms with Gasteiger partial charge >= 0.3 is 0 Å². The second kappa shape index (κ2) is 8.75. The van der Waals surface area contributed by atoms with E-state index in [4.69, 9.17) is 9.47 Å². The summed E-state index contributed by atoms with van der Waals surface area (Å²) >= 11 is 0. The number of methoxy groups -OCH3 is 1. The first-order valence-electron chi connectivity index (χ1n) is 9.50. The van der Waals surface area contributed by atoms with E-state index in [9.17, 15) is 0 Å². The Morgan fingerprint density at radius 2 is 1.54 bits per heavy atom. The van der Waals surface area contributed by atoms with Crippen LogP contribution in [0.3, 0.4) is 0 Å². The number of hydrogen-bond donors (Lipinski definition) is 0. The van der Waals surface area contributed by atoms with Crippen molar-refractivity contribution < 1.29 is 9.47 Å². The summed E-state index contributed by atoms with van der Waals surface area (Å²) in [5.41, 5.74) is 6.73. The molecule has 2 aromatic rings. The zero-order valence-corrected chi connectivity index (χ0v) is 18.2. The first kappa shape index (κ1) is 20.5. The summed E-state index contributed by atoms with van der Waals surface area (Å²) in [6.45, 7) is 14.3. The standard InChI is InChI=1S/C23H32O2Si/c1-17(2)26(18(3)4,19(5)6)13-12-21-15-22(25-16-24-7)14-20-10-8-9-11-23(20)21/h8-11,14-15,17-19H,16H2,1-7H3. The van der Waals surface area contributed by atoms with Gasteiger partial charge in [-0.3, -0.25) is 0 Å². The molecule has 0 saturated carbocycles. The van der Waals surface area contributed by atoms with E-state index in [1.54, 1.807) is 7.11 Å². The van der Waals surface area contributed by atoms with Crippen molar-refractivity contribution in [2.75, 3.05) is 13.9 Å². The highest BCUT2D eigenvalue weighted by atomic mass is 28.3. The molecule has 0 radical (unpaired) electrons. The second-order valence-corrected chi connectivity index (χ2v) is 13.5. The molecule has 0 amide bonds. The summed E-state index contributed by atoms with van der Waals surface area (Å²) in [5, 5.41) is 2.33. The van der Waals surface area contributed by atoms with Crippen LogP contribution >= 0.6 is 0 Å². The van der Waals surface area contributed by atoms with E-state index in [-0.39, 0.29) is 6.79 Å². The molecule has 0 N–H and O–H groups in total. The summed E-state index contributed by atoms with van der Waals surface area (Å²) in [4.78, 5) is 0. The molecule has 2 rings (SSSR count). The van der Waals surface area contributed by atoms with E-state index in [1.165, 1.54) is 5.39 Å². The molecule has 2 nitrogen and oxygen atoms in total. The monoisotopic (exact) mass is 368 g/mol. The Kier molecular flexibility index (Phi) is 6.92. The van der Waals surface area contributed by atoms with Gasteiger partial charge in [-0.1, -0.05) is 71.7 Å². The Labute approximate surface area is 159 Å². The predicted octanol–water partition coefficient (Wildman–Crippen LogP) is 6.39. The Morgan fingerprint density at radius 1 is 0.923 bits per heavy atom. The van der Waals surface area contributed by atoms with Crippen molar-refractivity contribution in [3.05, 3.63) is 42.0 Å². The van der Waals surface area contributed by atoms with E-state index in [1.807, 2.05) is 0 Å². The average Bonchev–Trinajstić information content (AvgIpc) is 2.59. The first-order chi connectivity index (χ1) is 12.3. The zero-order valence-electron chi connectivity index (χ0n) is 17.2. The van der Waals surface area contributed by atoms with Crippen molar-refractivity contribution in [2.24, 2.45) is 0 Å². The Morgan fingerprint density at radius 3 is 2.12 bits per heavy atom. The van der Waals surface area contributed by atoms with Crippen LogP contribution in [-0.4, -0.2) is 22.0 Å². The van der Waals surface area contributed by atoms with Crippen molar-refractivity contribution in [1.29, 1.82) is 0 Å². The van der Waals surface area contributed by atoms with E-state index in [0.29, 0.717) is 16.6 Å². The minimum atomic E-state index is -1.77. The molecule has 0 unspecified atom stereocenters. The van der Waals surface area contributed by atoms with Crippen LogP contribution in [0, 0.1) is 11.5 Å². The Balaban J connectivity index is 2.61. The molecule has 0 bridgehead atoms. The molecule has 0 saturated heterocycles. The van der Waals surface area contributed by atoms with Gasteiger partial charge < -0.3 is 9.47 Å². The molecule has 0 aliphatic rings. The highest BCUT2D eigenvalue weighted by molar-refractivity contribution is 6.90. The fraction of sp³-hybridized carbons (Fsp3) is 0.478.